The molecule has 2 aromatic carbocycles. The fourth-order valence-electron chi connectivity index (χ4n) is 1.72. The quantitative estimate of drug-likeness (QED) is 0.901. The van der Waals surface area contributed by atoms with E-state index in [2.05, 4.69) is 5.32 Å². The van der Waals surface area contributed by atoms with E-state index < -0.39 is 23.6 Å². The van der Waals surface area contributed by atoms with Crippen molar-refractivity contribution >= 4 is 23.3 Å². The van der Waals surface area contributed by atoms with Crippen molar-refractivity contribution in [3.05, 3.63) is 64.7 Å². The topological polar surface area (TPSA) is 49.3 Å². The molecular formula is C14H10ClF2NO2. The lowest BCUT2D eigenvalue weighted by Gasteiger charge is -2.17. The summed E-state index contributed by atoms with van der Waals surface area (Å²) in [6, 6.07) is 7.56. The van der Waals surface area contributed by atoms with Gasteiger partial charge in [0.25, 0.3) is 0 Å². The largest absolute Gasteiger partial charge is 0.479 e. The zero-order valence-electron chi connectivity index (χ0n) is 10.1. The Morgan fingerprint density at radius 1 is 1.15 bits per heavy atom. The molecule has 0 aliphatic carbocycles. The van der Waals surface area contributed by atoms with E-state index in [1.807, 2.05) is 0 Å². The Balaban J connectivity index is 2.31. The van der Waals surface area contributed by atoms with Gasteiger partial charge in [0.1, 0.15) is 11.6 Å². The lowest BCUT2D eigenvalue weighted by molar-refractivity contribution is -0.138. The monoisotopic (exact) mass is 297 g/mol. The zero-order valence-corrected chi connectivity index (χ0v) is 10.9. The Bertz CT molecular complexity index is 632. The summed E-state index contributed by atoms with van der Waals surface area (Å²) in [6.45, 7) is 0. The van der Waals surface area contributed by atoms with Crippen molar-refractivity contribution in [1.82, 2.24) is 0 Å². The van der Waals surface area contributed by atoms with Gasteiger partial charge in [-0.05, 0) is 36.4 Å². The molecule has 0 saturated heterocycles. The second kappa shape index (κ2) is 5.88. The third-order valence-corrected chi connectivity index (χ3v) is 2.91. The number of hydrogen-bond acceptors (Lipinski definition) is 2. The minimum Gasteiger partial charge on any atom is -0.479 e. The number of aliphatic carboxylic acids is 1. The highest BCUT2D eigenvalue weighted by molar-refractivity contribution is 6.30. The maximum Gasteiger partial charge on any atom is 0.330 e. The van der Waals surface area contributed by atoms with Gasteiger partial charge >= 0.3 is 5.97 Å². The Kier molecular flexibility index (Phi) is 4.20. The molecule has 0 amide bonds. The zero-order chi connectivity index (χ0) is 14.7. The lowest BCUT2D eigenvalue weighted by Crippen LogP contribution is -2.21. The van der Waals surface area contributed by atoms with E-state index in [0.29, 0.717) is 5.69 Å². The molecule has 0 saturated carbocycles. The standard InChI is InChI=1S/C14H10ClF2NO2/c15-8-1-6-11(12(17)7-8)13(14(19)20)18-10-4-2-9(16)3-5-10/h1-7,13,18H,(H,19,20). The molecule has 0 aliphatic heterocycles. The second-order valence-electron chi connectivity index (χ2n) is 4.09. The van der Waals surface area contributed by atoms with E-state index in [0.717, 1.165) is 6.07 Å². The maximum absolute atomic E-state index is 13.8. The van der Waals surface area contributed by atoms with E-state index in [4.69, 9.17) is 11.6 Å². The van der Waals surface area contributed by atoms with Gasteiger partial charge in [0.05, 0.1) is 0 Å². The SMILES string of the molecule is O=C(O)C(Nc1ccc(F)cc1)c1ccc(Cl)cc1F. The van der Waals surface area contributed by atoms with Crippen LogP contribution in [0.25, 0.3) is 0 Å². The van der Waals surface area contributed by atoms with Gasteiger partial charge < -0.3 is 10.4 Å². The van der Waals surface area contributed by atoms with Crippen LogP contribution < -0.4 is 5.32 Å². The minimum absolute atomic E-state index is 0.0498. The molecule has 20 heavy (non-hydrogen) atoms. The van der Waals surface area contributed by atoms with Crippen molar-refractivity contribution < 1.29 is 18.7 Å². The van der Waals surface area contributed by atoms with E-state index >= 15 is 0 Å². The molecule has 1 atom stereocenters. The van der Waals surface area contributed by atoms with Crippen LogP contribution in [0.2, 0.25) is 5.02 Å². The van der Waals surface area contributed by atoms with Crippen LogP contribution in [0.3, 0.4) is 0 Å². The van der Waals surface area contributed by atoms with Crippen molar-refractivity contribution in [1.29, 1.82) is 0 Å². The first kappa shape index (κ1) is 14.3. The van der Waals surface area contributed by atoms with Gasteiger partial charge in [-0.2, -0.15) is 0 Å². The van der Waals surface area contributed by atoms with Crippen LogP contribution in [-0.2, 0) is 4.79 Å². The summed E-state index contributed by atoms with van der Waals surface area (Å²) in [4.78, 5) is 11.3. The molecule has 1 unspecified atom stereocenters. The fraction of sp³-hybridized carbons (Fsp3) is 0.0714. The van der Waals surface area contributed by atoms with Gasteiger partial charge in [-0.1, -0.05) is 17.7 Å². The predicted octanol–water partition coefficient (Wildman–Crippen LogP) is 3.86. The lowest BCUT2D eigenvalue weighted by atomic mass is 10.1. The van der Waals surface area contributed by atoms with Crippen LogP contribution in [0, 0.1) is 11.6 Å². The molecule has 2 N–H and O–H groups in total. The number of carboxylic acid groups (broad SMARTS) is 1. The van der Waals surface area contributed by atoms with Crippen molar-refractivity contribution in [3.63, 3.8) is 0 Å². The fourth-order valence-corrected chi connectivity index (χ4v) is 1.88. The van der Waals surface area contributed by atoms with E-state index in [1.165, 1.54) is 36.4 Å². The minimum atomic E-state index is -1.29. The number of nitrogens with one attached hydrogen (secondary N) is 1. The third kappa shape index (κ3) is 3.24. The van der Waals surface area contributed by atoms with E-state index in [-0.39, 0.29) is 10.6 Å². The first-order valence-corrected chi connectivity index (χ1v) is 6.05. The third-order valence-electron chi connectivity index (χ3n) is 2.68. The van der Waals surface area contributed by atoms with Gasteiger partial charge in [-0.3, -0.25) is 0 Å². The molecule has 104 valence electrons. The van der Waals surface area contributed by atoms with Crippen molar-refractivity contribution in [2.45, 2.75) is 6.04 Å². The maximum atomic E-state index is 13.8. The summed E-state index contributed by atoms with van der Waals surface area (Å²) >= 11 is 5.63. The molecule has 2 rings (SSSR count). The van der Waals surface area contributed by atoms with Gasteiger partial charge in [0.15, 0.2) is 6.04 Å². The number of anilines is 1. The molecule has 6 heteroatoms. The molecular weight excluding hydrogens is 288 g/mol. The number of hydrogen-bond donors (Lipinski definition) is 2. The van der Waals surface area contributed by atoms with E-state index in [1.54, 1.807) is 0 Å². The summed E-state index contributed by atoms with van der Waals surface area (Å²) in [5.41, 5.74) is 0.319. The highest BCUT2D eigenvalue weighted by Crippen LogP contribution is 2.24. The Morgan fingerprint density at radius 3 is 2.35 bits per heavy atom. The molecule has 0 spiro atoms. The van der Waals surface area contributed by atoms with Gasteiger partial charge in [0.2, 0.25) is 0 Å². The molecule has 0 bridgehead atoms. The molecule has 0 heterocycles. The molecule has 0 fully saturated rings. The van der Waals surface area contributed by atoms with Crippen LogP contribution >= 0.6 is 11.6 Å². The van der Waals surface area contributed by atoms with Crippen LogP contribution in [0.5, 0.6) is 0 Å². The Labute approximate surface area is 118 Å². The number of halogens is 3. The number of carbonyl (C=O) groups is 1. The Morgan fingerprint density at radius 2 is 1.80 bits per heavy atom. The molecule has 0 radical (unpaired) electrons. The summed E-state index contributed by atoms with van der Waals surface area (Å²) in [6.07, 6.45) is 0. The highest BCUT2D eigenvalue weighted by atomic mass is 35.5. The predicted molar refractivity (Wildman–Crippen MR) is 71.8 cm³/mol. The molecule has 0 aliphatic rings. The first-order chi connectivity index (χ1) is 9.47. The number of carboxylic acids is 1. The van der Waals surface area contributed by atoms with Crippen molar-refractivity contribution in [2.24, 2.45) is 0 Å². The number of rotatable bonds is 4. The summed E-state index contributed by atoms with van der Waals surface area (Å²) in [7, 11) is 0. The van der Waals surface area contributed by atoms with Crippen molar-refractivity contribution in [3.8, 4) is 0 Å². The van der Waals surface area contributed by atoms with Crippen LogP contribution in [0.15, 0.2) is 42.5 Å². The van der Waals surface area contributed by atoms with Crippen LogP contribution in [0.1, 0.15) is 11.6 Å². The van der Waals surface area contributed by atoms with Crippen LogP contribution in [-0.4, -0.2) is 11.1 Å². The smallest absolute Gasteiger partial charge is 0.330 e. The summed E-state index contributed by atoms with van der Waals surface area (Å²) in [5.74, 6) is -2.42. The molecule has 0 aromatic heterocycles. The van der Waals surface area contributed by atoms with E-state index in [9.17, 15) is 18.7 Å². The number of benzene rings is 2. The van der Waals surface area contributed by atoms with Gasteiger partial charge in [-0.15, -0.1) is 0 Å². The van der Waals surface area contributed by atoms with Gasteiger partial charge in [-0.25, -0.2) is 13.6 Å². The summed E-state index contributed by atoms with van der Waals surface area (Å²) in [5, 5.41) is 12.0. The highest BCUT2D eigenvalue weighted by Gasteiger charge is 2.23. The normalized spacial score (nSPS) is 11.9. The van der Waals surface area contributed by atoms with Gasteiger partial charge in [0, 0.05) is 16.3 Å². The Hall–Kier alpha value is -2.14. The molecule has 3 nitrogen and oxygen atoms in total. The van der Waals surface area contributed by atoms with Crippen molar-refractivity contribution in [2.75, 3.05) is 5.32 Å². The molecule has 2 aromatic rings. The summed E-state index contributed by atoms with van der Waals surface area (Å²) < 4.78 is 26.6. The average molecular weight is 298 g/mol. The first-order valence-electron chi connectivity index (χ1n) is 5.67. The second-order valence-corrected chi connectivity index (χ2v) is 4.52. The average Bonchev–Trinajstić information content (AvgIpc) is 2.39. The van der Waals surface area contributed by atoms with Crippen LogP contribution in [0.4, 0.5) is 14.5 Å².